The molecule has 0 radical (unpaired) electrons. The minimum Gasteiger partial charge on any atom is -0.459 e. The summed E-state index contributed by atoms with van der Waals surface area (Å²) in [5, 5.41) is 6.36. The molecule has 7 heteroatoms. The molecule has 3 aromatic rings. The molecule has 3 rings (SSSR count). The van der Waals surface area contributed by atoms with E-state index in [1.54, 1.807) is 18.2 Å². The lowest BCUT2D eigenvalue weighted by atomic mass is 10.1. The van der Waals surface area contributed by atoms with E-state index in [0.29, 0.717) is 22.9 Å². The number of amides is 1. The summed E-state index contributed by atoms with van der Waals surface area (Å²) in [5.74, 6) is 1.16. The average Bonchev–Trinajstić information content (AvgIpc) is 3.12. The van der Waals surface area contributed by atoms with E-state index >= 15 is 0 Å². The smallest absolute Gasteiger partial charge is 0.257 e. The van der Waals surface area contributed by atoms with Gasteiger partial charge in [0, 0.05) is 20.6 Å². The maximum atomic E-state index is 12.2. The van der Waals surface area contributed by atoms with Crippen LogP contribution >= 0.6 is 39.7 Å². The number of halogens is 2. The van der Waals surface area contributed by atoms with Gasteiger partial charge in [-0.25, -0.2) is 0 Å². The number of benzene rings is 2. The standard InChI is InChI=1S/C20H16BrClN2O2S/c1-12-2-3-14(10-17(12)22)19(25)24-20(27)23-11-16-8-9-18(26-16)13-4-6-15(21)7-5-13/h2-10H,11H2,1H3,(H2,23,24,25,27). The van der Waals surface area contributed by atoms with Gasteiger partial charge in [0.05, 0.1) is 6.54 Å². The van der Waals surface area contributed by atoms with Gasteiger partial charge in [0.15, 0.2) is 5.11 Å². The van der Waals surface area contributed by atoms with Crippen molar-refractivity contribution in [3.05, 3.63) is 81.0 Å². The number of hydrogen-bond acceptors (Lipinski definition) is 3. The van der Waals surface area contributed by atoms with Crippen LogP contribution in [0, 0.1) is 6.92 Å². The number of carbonyl (C=O) groups excluding carboxylic acids is 1. The zero-order valence-corrected chi connectivity index (χ0v) is 17.5. The fraction of sp³-hybridized carbons (Fsp3) is 0.100. The first kappa shape index (κ1) is 19.6. The monoisotopic (exact) mass is 462 g/mol. The van der Waals surface area contributed by atoms with E-state index in [2.05, 4.69) is 26.6 Å². The minimum absolute atomic E-state index is 0.221. The van der Waals surface area contributed by atoms with E-state index in [4.69, 9.17) is 28.2 Å². The maximum absolute atomic E-state index is 12.2. The second-order valence-electron chi connectivity index (χ2n) is 5.87. The molecule has 0 bridgehead atoms. The molecule has 0 saturated carbocycles. The number of carbonyl (C=O) groups is 1. The zero-order valence-electron chi connectivity index (χ0n) is 14.4. The van der Waals surface area contributed by atoms with Crippen LogP contribution in [0.1, 0.15) is 21.7 Å². The van der Waals surface area contributed by atoms with Gasteiger partial charge in [-0.2, -0.15) is 0 Å². The number of rotatable bonds is 4. The molecule has 2 N–H and O–H groups in total. The molecule has 0 atom stereocenters. The molecular formula is C20H16BrClN2O2S. The molecular weight excluding hydrogens is 448 g/mol. The third-order valence-electron chi connectivity index (χ3n) is 3.87. The van der Waals surface area contributed by atoms with Crippen LogP contribution in [0.25, 0.3) is 11.3 Å². The number of aryl methyl sites for hydroxylation is 1. The molecule has 1 heterocycles. The fourth-order valence-electron chi connectivity index (χ4n) is 2.36. The highest BCUT2D eigenvalue weighted by Gasteiger charge is 2.10. The van der Waals surface area contributed by atoms with Crippen molar-refractivity contribution in [2.24, 2.45) is 0 Å². The quantitative estimate of drug-likeness (QED) is 0.503. The highest BCUT2D eigenvalue weighted by Crippen LogP contribution is 2.24. The molecule has 2 aromatic carbocycles. The number of hydrogen-bond donors (Lipinski definition) is 2. The molecule has 4 nitrogen and oxygen atoms in total. The normalized spacial score (nSPS) is 10.5. The van der Waals surface area contributed by atoms with E-state index < -0.39 is 0 Å². The van der Waals surface area contributed by atoms with Crippen molar-refractivity contribution in [2.45, 2.75) is 13.5 Å². The molecule has 0 aliphatic carbocycles. The van der Waals surface area contributed by atoms with Gasteiger partial charge >= 0.3 is 0 Å². The predicted octanol–water partition coefficient (Wildman–Crippen LogP) is 5.48. The molecule has 1 amide bonds. The van der Waals surface area contributed by atoms with E-state index in [-0.39, 0.29) is 11.0 Å². The van der Waals surface area contributed by atoms with Crippen LogP contribution in [0.15, 0.2) is 63.5 Å². The summed E-state index contributed by atoms with van der Waals surface area (Å²) < 4.78 is 6.82. The van der Waals surface area contributed by atoms with E-state index in [1.165, 1.54) is 0 Å². The van der Waals surface area contributed by atoms with Crippen LogP contribution in [0.4, 0.5) is 0 Å². The Morgan fingerprint density at radius 2 is 1.89 bits per heavy atom. The lowest BCUT2D eigenvalue weighted by Crippen LogP contribution is -2.38. The van der Waals surface area contributed by atoms with Gasteiger partial charge in [0.1, 0.15) is 11.5 Å². The van der Waals surface area contributed by atoms with Crippen LogP contribution < -0.4 is 10.6 Å². The first-order valence-electron chi connectivity index (χ1n) is 8.12. The van der Waals surface area contributed by atoms with Gasteiger partial charge in [-0.15, -0.1) is 0 Å². The van der Waals surface area contributed by atoms with Gasteiger partial charge in [0.25, 0.3) is 5.91 Å². The van der Waals surface area contributed by atoms with Gasteiger partial charge in [-0.05, 0) is 61.1 Å². The number of furan rings is 1. The van der Waals surface area contributed by atoms with Crippen molar-refractivity contribution >= 4 is 50.8 Å². The van der Waals surface area contributed by atoms with E-state index in [0.717, 1.165) is 21.4 Å². The molecule has 0 spiro atoms. The highest BCUT2D eigenvalue weighted by atomic mass is 79.9. The Morgan fingerprint density at radius 3 is 2.59 bits per heavy atom. The molecule has 0 unspecified atom stereocenters. The van der Waals surface area contributed by atoms with Crippen molar-refractivity contribution in [3.8, 4) is 11.3 Å². The van der Waals surface area contributed by atoms with E-state index in [1.807, 2.05) is 43.3 Å². The van der Waals surface area contributed by atoms with Crippen molar-refractivity contribution in [1.82, 2.24) is 10.6 Å². The van der Waals surface area contributed by atoms with Crippen molar-refractivity contribution in [3.63, 3.8) is 0 Å². The largest absolute Gasteiger partial charge is 0.459 e. The summed E-state index contributed by atoms with van der Waals surface area (Å²) in [7, 11) is 0. The maximum Gasteiger partial charge on any atom is 0.257 e. The Bertz CT molecular complexity index is 986. The topological polar surface area (TPSA) is 54.3 Å². The number of thiocarbonyl (C=S) groups is 1. The molecule has 0 fully saturated rings. The van der Waals surface area contributed by atoms with Crippen molar-refractivity contribution in [1.29, 1.82) is 0 Å². The van der Waals surface area contributed by atoms with Crippen LogP contribution in [0.2, 0.25) is 5.02 Å². The third kappa shape index (κ3) is 5.19. The van der Waals surface area contributed by atoms with Crippen LogP contribution in [0.5, 0.6) is 0 Å². The van der Waals surface area contributed by atoms with Crippen LogP contribution in [0.3, 0.4) is 0 Å². The molecule has 0 saturated heterocycles. The Kier molecular flexibility index (Phi) is 6.31. The molecule has 1 aromatic heterocycles. The molecule has 0 aliphatic rings. The SMILES string of the molecule is Cc1ccc(C(=O)NC(=S)NCc2ccc(-c3ccc(Br)cc3)o2)cc1Cl. The summed E-state index contributed by atoms with van der Waals surface area (Å²) in [6, 6.07) is 16.7. The second kappa shape index (κ2) is 8.69. The third-order valence-corrected chi connectivity index (χ3v) is 5.06. The summed E-state index contributed by atoms with van der Waals surface area (Å²) in [6.45, 7) is 2.24. The van der Waals surface area contributed by atoms with Gasteiger partial charge in [0.2, 0.25) is 0 Å². The van der Waals surface area contributed by atoms with Gasteiger partial charge in [-0.1, -0.05) is 45.7 Å². The highest BCUT2D eigenvalue weighted by molar-refractivity contribution is 9.10. The van der Waals surface area contributed by atoms with Crippen LogP contribution in [-0.2, 0) is 6.54 Å². The Labute approximate surface area is 176 Å². The molecule has 27 heavy (non-hydrogen) atoms. The Morgan fingerprint density at radius 1 is 1.15 bits per heavy atom. The first-order valence-corrected chi connectivity index (χ1v) is 9.70. The molecule has 0 aliphatic heterocycles. The second-order valence-corrected chi connectivity index (χ2v) is 7.60. The Hall–Kier alpha value is -2.15. The molecule has 138 valence electrons. The summed E-state index contributed by atoms with van der Waals surface area (Å²) >= 11 is 14.6. The first-order chi connectivity index (χ1) is 12.9. The minimum atomic E-state index is -0.315. The summed E-state index contributed by atoms with van der Waals surface area (Å²) in [6.07, 6.45) is 0. The van der Waals surface area contributed by atoms with Crippen molar-refractivity contribution in [2.75, 3.05) is 0 Å². The summed E-state index contributed by atoms with van der Waals surface area (Å²) in [4.78, 5) is 12.2. The zero-order chi connectivity index (χ0) is 19.4. The lowest BCUT2D eigenvalue weighted by molar-refractivity contribution is 0.0976. The summed E-state index contributed by atoms with van der Waals surface area (Å²) in [5.41, 5.74) is 2.34. The fourth-order valence-corrected chi connectivity index (χ4v) is 2.97. The van der Waals surface area contributed by atoms with Crippen molar-refractivity contribution < 1.29 is 9.21 Å². The lowest BCUT2D eigenvalue weighted by Gasteiger charge is -2.09. The van der Waals surface area contributed by atoms with Crippen LogP contribution in [-0.4, -0.2) is 11.0 Å². The average molecular weight is 464 g/mol. The van der Waals surface area contributed by atoms with Gasteiger partial charge in [-0.3, -0.25) is 10.1 Å². The number of nitrogens with one attached hydrogen (secondary N) is 2. The van der Waals surface area contributed by atoms with Gasteiger partial charge < -0.3 is 9.73 Å². The Balaban J connectivity index is 1.55. The predicted molar refractivity (Wildman–Crippen MR) is 115 cm³/mol. The van der Waals surface area contributed by atoms with E-state index in [9.17, 15) is 4.79 Å².